The van der Waals surface area contributed by atoms with Gasteiger partial charge in [0.25, 0.3) is 0 Å². The van der Waals surface area contributed by atoms with Crippen molar-refractivity contribution in [1.82, 2.24) is 15.1 Å². The molecule has 2 aromatic rings. The number of para-hydroxylation sites is 1. The van der Waals surface area contributed by atoms with E-state index in [1.807, 2.05) is 24.0 Å². The summed E-state index contributed by atoms with van der Waals surface area (Å²) in [6, 6.07) is 8.93. The highest BCUT2D eigenvalue weighted by molar-refractivity contribution is 5.76. The molecule has 3 rings (SSSR count). The van der Waals surface area contributed by atoms with Crippen molar-refractivity contribution in [2.75, 3.05) is 30.3 Å². The molecule has 1 amide bonds. The molecular weight excluding hydrogens is 306 g/mol. The van der Waals surface area contributed by atoms with E-state index in [4.69, 9.17) is 5.73 Å². The van der Waals surface area contributed by atoms with Gasteiger partial charge in [-0.15, -0.1) is 10.2 Å². The van der Waals surface area contributed by atoms with E-state index in [0.717, 1.165) is 5.69 Å². The summed E-state index contributed by atoms with van der Waals surface area (Å²) in [5.74, 6) is 0.577. The third-order valence-electron chi connectivity index (χ3n) is 4.35. The van der Waals surface area contributed by atoms with E-state index in [1.165, 1.54) is 0 Å². The molecule has 24 heavy (non-hydrogen) atoms. The van der Waals surface area contributed by atoms with E-state index < -0.39 is 0 Å². The summed E-state index contributed by atoms with van der Waals surface area (Å²) in [6.45, 7) is 5.60. The third kappa shape index (κ3) is 2.97. The first-order valence-corrected chi connectivity index (χ1v) is 7.91. The molecule has 2 heterocycles. The Hall–Kier alpha value is -2.83. The van der Waals surface area contributed by atoms with E-state index in [1.54, 1.807) is 25.1 Å². The molecule has 0 bridgehead atoms. The minimum atomic E-state index is 0.0814. The maximum absolute atomic E-state index is 11.6. The Kier molecular flexibility index (Phi) is 4.24. The maximum atomic E-state index is 11.6. The number of aromatic hydroxyl groups is 1. The van der Waals surface area contributed by atoms with Crippen molar-refractivity contribution in [2.24, 2.45) is 0 Å². The average Bonchev–Trinajstić information content (AvgIpc) is 2.55. The SMILES string of the molecule is CC(=O)N1CCN(c2cc(-c3ccccc3O)nnc2N)C[C@@H]1C. The molecule has 0 saturated carbocycles. The molecule has 3 N–H and O–H groups in total. The van der Waals surface area contributed by atoms with Crippen molar-refractivity contribution >= 4 is 17.4 Å². The number of aromatic nitrogens is 2. The first kappa shape index (κ1) is 16.0. The van der Waals surface area contributed by atoms with Crippen LogP contribution in [0.2, 0.25) is 0 Å². The zero-order valence-electron chi connectivity index (χ0n) is 13.8. The maximum Gasteiger partial charge on any atom is 0.219 e. The number of carbonyl (C=O) groups is 1. The lowest BCUT2D eigenvalue weighted by Crippen LogP contribution is -2.53. The molecule has 1 atom stereocenters. The van der Waals surface area contributed by atoms with E-state index in [-0.39, 0.29) is 17.7 Å². The number of piperazine rings is 1. The lowest BCUT2D eigenvalue weighted by Gasteiger charge is -2.40. The molecule has 0 spiro atoms. The van der Waals surface area contributed by atoms with Crippen molar-refractivity contribution in [3.05, 3.63) is 30.3 Å². The Labute approximate surface area is 140 Å². The largest absolute Gasteiger partial charge is 0.507 e. The first-order valence-electron chi connectivity index (χ1n) is 7.91. The van der Waals surface area contributed by atoms with E-state index in [2.05, 4.69) is 15.1 Å². The van der Waals surface area contributed by atoms with Crippen molar-refractivity contribution in [1.29, 1.82) is 0 Å². The number of rotatable bonds is 2. The lowest BCUT2D eigenvalue weighted by molar-refractivity contribution is -0.131. The fourth-order valence-corrected chi connectivity index (χ4v) is 3.11. The average molecular weight is 327 g/mol. The van der Waals surface area contributed by atoms with Gasteiger partial charge in [0.1, 0.15) is 5.75 Å². The highest BCUT2D eigenvalue weighted by Crippen LogP contribution is 2.32. The number of hydrogen-bond acceptors (Lipinski definition) is 6. The minimum Gasteiger partial charge on any atom is -0.507 e. The van der Waals surface area contributed by atoms with Crippen LogP contribution in [0.25, 0.3) is 11.3 Å². The van der Waals surface area contributed by atoms with Gasteiger partial charge in [0.2, 0.25) is 5.91 Å². The van der Waals surface area contributed by atoms with Crippen molar-refractivity contribution in [2.45, 2.75) is 19.9 Å². The van der Waals surface area contributed by atoms with Crippen LogP contribution >= 0.6 is 0 Å². The van der Waals surface area contributed by atoms with E-state index in [0.29, 0.717) is 36.7 Å². The molecule has 1 aromatic heterocycles. The van der Waals surface area contributed by atoms with Gasteiger partial charge >= 0.3 is 0 Å². The number of phenolic OH excluding ortho intramolecular Hbond substituents is 1. The summed E-state index contributed by atoms with van der Waals surface area (Å²) >= 11 is 0. The Morgan fingerprint density at radius 1 is 1.29 bits per heavy atom. The summed E-state index contributed by atoms with van der Waals surface area (Å²) in [6.07, 6.45) is 0. The van der Waals surface area contributed by atoms with Crippen molar-refractivity contribution in [3.63, 3.8) is 0 Å². The summed E-state index contributed by atoms with van der Waals surface area (Å²) in [4.78, 5) is 15.6. The van der Waals surface area contributed by atoms with Crippen LogP contribution in [0, 0.1) is 0 Å². The van der Waals surface area contributed by atoms with Crippen LogP contribution in [-0.2, 0) is 4.79 Å². The second-order valence-corrected chi connectivity index (χ2v) is 6.02. The molecule has 1 aliphatic rings. The van der Waals surface area contributed by atoms with Crippen LogP contribution in [0.5, 0.6) is 5.75 Å². The highest BCUT2D eigenvalue weighted by atomic mass is 16.3. The van der Waals surface area contributed by atoms with Gasteiger partial charge in [-0.1, -0.05) is 12.1 Å². The normalized spacial score (nSPS) is 17.8. The standard InChI is InChI=1S/C17H21N5O2/c1-11-10-21(7-8-22(11)12(2)23)15-9-14(19-20-17(15)18)13-5-3-4-6-16(13)24/h3-6,9,11,24H,7-8,10H2,1-2H3,(H2,18,20)/t11-/m0/s1. The Balaban J connectivity index is 1.91. The predicted octanol–water partition coefficient (Wildman–Crippen LogP) is 1.49. The zero-order valence-corrected chi connectivity index (χ0v) is 13.8. The Bertz CT molecular complexity index is 764. The minimum absolute atomic E-state index is 0.0814. The zero-order chi connectivity index (χ0) is 17.3. The smallest absolute Gasteiger partial charge is 0.219 e. The molecule has 1 saturated heterocycles. The predicted molar refractivity (Wildman–Crippen MR) is 92.6 cm³/mol. The van der Waals surface area contributed by atoms with Gasteiger partial charge in [0.15, 0.2) is 5.82 Å². The fourth-order valence-electron chi connectivity index (χ4n) is 3.11. The van der Waals surface area contributed by atoms with Gasteiger partial charge in [0.05, 0.1) is 11.4 Å². The molecule has 0 aliphatic carbocycles. The van der Waals surface area contributed by atoms with E-state index >= 15 is 0 Å². The van der Waals surface area contributed by atoms with Gasteiger partial charge in [-0.25, -0.2) is 0 Å². The number of benzene rings is 1. The van der Waals surface area contributed by atoms with Crippen molar-refractivity contribution in [3.8, 4) is 17.0 Å². The number of amides is 1. The van der Waals surface area contributed by atoms with Gasteiger partial charge < -0.3 is 20.6 Å². The molecule has 7 nitrogen and oxygen atoms in total. The van der Waals surface area contributed by atoms with Gasteiger partial charge in [-0.05, 0) is 25.1 Å². The van der Waals surface area contributed by atoms with Crippen LogP contribution in [0.15, 0.2) is 30.3 Å². The number of carbonyl (C=O) groups excluding carboxylic acids is 1. The molecule has 1 aromatic carbocycles. The van der Waals surface area contributed by atoms with Gasteiger partial charge in [-0.2, -0.15) is 0 Å². The second-order valence-electron chi connectivity index (χ2n) is 6.02. The number of phenols is 1. The van der Waals surface area contributed by atoms with Gasteiger partial charge in [-0.3, -0.25) is 4.79 Å². The van der Waals surface area contributed by atoms with Gasteiger partial charge in [0, 0.05) is 38.2 Å². The molecule has 0 unspecified atom stereocenters. The number of nitrogens with zero attached hydrogens (tertiary/aromatic N) is 4. The van der Waals surface area contributed by atoms with Crippen LogP contribution in [0.3, 0.4) is 0 Å². The molecule has 7 heteroatoms. The second kappa shape index (κ2) is 6.35. The van der Waals surface area contributed by atoms with Crippen LogP contribution < -0.4 is 10.6 Å². The summed E-state index contributed by atoms with van der Waals surface area (Å²) in [7, 11) is 0. The van der Waals surface area contributed by atoms with Crippen LogP contribution in [-0.4, -0.2) is 51.8 Å². The number of hydrogen-bond donors (Lipinski definition) is 2. The number of nitrogen functional groups attached to an aromatic ring is 1. The topological polar surface area (TPSA) is 95.6 Å². The number of nitrogens with two attached hydrogens (primary N) is 1. The molecule has 1 fully saturated rings. The monoisotopic (exact) mass is 327 g/mol. The fraction of sp³-hybridized carbons (Fsp3) is 0.353. The van der Waals surface area contributed by atoms with Crippen LogP contribution in [0.4, 0.5) is 11.5 Å². The van der Waals surface area contributed by atoms with E-state index in [9.17, 15) is 9.90 Å². The summed E-state index contributed by atoms with van der Waals surface area (Å²) < 4.78 is 0. The molecular formula is C17H21N5O2. The first-order chi connectivity index (χ1) is 11.5. The molecule has 0 radical (unpaired) electrons. The highest BCUT2D eigenvalue weighted by Gasteiger charge is 2.27. The molecule has 1 aliphatic heterocycles. The van der Waals surface area contributed by atoms with Crippen LogP contribution in [0.1, 0.15) is 13.8 Å². The lowest BCUT2D eigenvalue weighted by atomic mass is 10.1. The Morgan fingerprint density at radius 3 is 2.71 bits per heavy atom. The summed E-state index contributed by atoms with van der Waals surface area (Å²) in [5.41, 5.74) is 7.98. The Morgan fingerprint density at radius 2 is 2.04 bits per heavy atom. The third-order valence-corrected chi connectivity index (χ3v) is 4.35. The quantitative estimate of drug-likeness (QED) is 0.867. The number of anilines is 2. The van der Waals surface area contributed by atoms with Crippen molar-refractivity contribution < 1.29 is 9.90 Å². The summed E-state index contributed by atoms with van der Waals surface area (Å²) in [5, 5.41) is 18.2. The molecule has 126 valence electrons.